The van der Waals surface area contributed by atoms with E-state index in [0.29, 0.717) is 17.1 Å². The maximum Gasteiger partial charge on any atom is 0.303 e. The molecule has 2 amide bonds. The number of imide groups is 1. The number of esters is 1. The molecule has 0 spiro atoms. The number of rotatable bonds is 4. The molecule has 0 aromatic carbocycles. The Bertz CT molecular complexity index is 527. The fourth-order valence-electron chi connectivity index (χ4n) is 1.26. The van der Waals surface area contributed by atoms with Gasteiger partial charge in [-0.25, -0.2) is 0 Å². The highest BCUT2D eigenvalue weighted by Gasteiger charge is 2.08. The molecule has 0 aliphatic heterocycles. The summed E-state index contributed by atoms with van der Waals surface area (Å²) in [6, 6.07) is 3.29. The lowest BCUT2D eigenvalue weighted by molar-refractivity contribution is -0.142. The molecule has 0 fully saturated rings. The van der Waals surface area contributed by atoms with Gasteiger partial charge in [-0.1, -0.05) is 0 Å². The summed E-state index contributed by atoms with van der Waals surface area (Å²) >= 11 is 0. The molecule has 6 heteroatoms. The quantitative estimate of drug-likeness (QED) is 0.657. The van der Waals surface area contributed by atoms with Crippen LogP contribution in [0.15, 0.2) is 22.1 Å². The van der Waals surface area contributed by atoms with Crippen molar-refractivity contribution < 1.29 is 23.5 Å². The Labute approximate surface area is 110 Å². The van der Waals surface area contributed by atoms with Crippen LogP contribution in [0.2, 0.25) is 0 Å². The first kappa shape index (κ1) is 14.7. The molecule has 1 rings (SSSR count). The van der Waals surface area contributed by atoms with Crippen molar-refractivity contribution in [3.05, 3.63) is 29.2 Å². The first-order valence-electron chi connectivity index (χ1n) is 5.61. The molecule has 19 heavy (non-hydrogen) atoms. The summed E-state index contributed by atoms with van der Waals surface area (Å²) in [7, 11) is 0. The van der Waals surface area contributed by atoms with Gasteiger partial charge in [-0.2, -0.15) is 0 Å². The number of furan rings is 1. The van der Waals surface area contributed by atoms with Crippen LogP contribution in [0.5, 0.6) is 0 Å². The first-order valence-corrected chi connectivity index (χ1v) is 5.61. The fourth-order valence-corrected chi connectivity index (χ4v) is 1.26. The third kappa shape index (κ3) is 5.20. The normalized spacial score (nSPS) is 11.0. The van der Waals surface area contributed by atoms with E-state index in [-0.39, 0.29) is 6.61 Å². The Balaban J connectivity index is 2.68. The number of nitrogens with one attached hydrogen (secondary N) is 1. The van der Waals surface area contributed by atoms with Gasteiger partial charge in [-0.3, -0.25) is 19.7 Å². The first-order chi connectivity index (χ1) is 8.88. The molecule has 0 radical (unpaired) electrons. The van der Waals surface area contributed by atoms with Gasteiger partial charge in [-0.15, -0.1) is 0 Å². The number of carbonyl (C=O) groups excluding carboxylic acids is 3. The average molecular weight is 265 g/mol. The van der Waals surface area contributed by atoms with Crippen LogP contribution in [0.25, 0.3) is 6.08 Å². The van der Waals surface area contributed by atoms with E-state index in [4.69, 9.17) is 9.15 Å². The van der Waals surface area contributed by atoms with Crippen molar-refractivity contribution in [3.63, 3.8) is 0 Å². The van der Waals surface area contributed by atoms with E-state index >= 15 is 0 Å². The molecular weight excluding hydrogens is 250 g/mol. The molecule has 0 aliphatic carbocycles. The fraction of sp³-hybridized carbons (Fsp3) is 0.308. The minimum Gasteiger partial charge on any atom is -0.458 e. The predicted octanol–water partition coefficient (Wildman–Crippen LogP) is 1.41. The van der Waals surface area contributed by atoms with E-state index < -0.39 is 17.8 Å². The SMILES string of the molecule is CC(=O)NC(=O)/C(C)=C/c1ccc(COC(C)=O)o1. The van der Waals surface area contributed by atoms with Crippen molar-refractivity contribution in [1.82, 2.24) is 5.32 Å². The minimum absolute atomic E-state index is 0.0435. The number of hydrogen-bond acceptors (Lipinski definition) is 5. The smallest absolute Gasteiger partial charge is 0.303 e. The van der Waals surface area contributed by atoms with E-state index in [0.717, 1.165) is 0 Å². The summed E-state index contributed by atoms with van der Waals surface area (Å²) in [6.45, 7) is 4.17. The van der Waals surface area contributed by atoms with Crippen molar-refractivity contribution >= 4 is 23.9 Å². The van der Waals surface area contributed by atoms with E-state index in [1.807, 2.05) is 0 Å². The van der Waals surface area contributed by atoms with E-state index in [1.165, 1.54) is 19.9 Å². The van der Waals surface area contributed by atoms with E-state index in [2.05, 4.69) is 5.32 Å². The van der Waals surface area contributed by atoms with Gasteiger partial charge in [0.2, 0.25) is 5.91 Å². The van der Waals surface area contributed by atoms with Gasteiger partial charge in [-0.05, 0) is 25.1 Å². The number of ether oxygens (including phenoxy) is 1. The highest BCUT2D eigenvalue weighted by Crippen LogP contribution is 2.13. The zero-order valence-corrected chi connectivity index (χ0v) is 11.0. The highest BCUT2D eigenvalue weighted by atomic mass is 16.5. The van der Waals surface area contributed by atoms with Gasteiger partial charge in [0.05, 0.1) is 0 Å². The lowest BCUT2D eigenvalue weighted by Crippen LogP contribution is -2.28. The largest absolute Gasteiger partial charge is 0.458 e. The molecule has 0 saturated carbocycles. The molecule has 1 aromatic heterocycles. The van der Waals surface area contributed by atoms with Gasteiger partial charge in [0, 0.05) is 19.4 Å². The zero-order valence-electron chi connectivity index (χ0n) is 11.0. The van der Waals surface area contributed by atoms with Crippen LogP contribution in [0.3, 0.4) is 0 Å². The topological polar surface area (TPSA) is 85.6 Å². The second kappa shape index (κ2) is 6.53. The Kier molecular flexibility index (Phi) is 5.05. The minimum atomic E-state index is -0.481. The molecule has 0 aliphatic rings. The summed E-state index contributed by atoms with van der Waals surface area (Å²) in [5.41, 5.74) is 0.337. The third-order valence-electron chi connectivity index (χ3n) is 2.11. The number of hydrogen-bond donors (Lipinski definition) is 1. The Morgan fingerprint density at radius 1 is 1.26 bits per heavy atom. The van der Waals surface area contributed by atoms with Crippen LogP contribution >= 0.6 is 0 Å². The molecule has 0 bridgehead atoms. The summed E-state index contributed by atoms with van der Waals surface area (Å²) in [4.78, 5) is 32.8. The number of carbonyl (C=O) groups is 3. The highest BCUT2D eigenvalue weighted by molar-refractivity contribution is 6.05. The van der Waals surface area contributed by atoms with Gasteiger partial charge < -0.3 is 9.15 Å². The Hall–Kier alpha value is -2.37. The van der Waals surface area contributed by atoms with Gasteiger partial charge >= 0.3 is 5.97 Å². The molecule has 1 heterocycles. The van der Waals surface area contributed by atoms with Crippen LogP contribution in [0.4, 0.5) is 0 Å². The van der Waals surface area contributed by atoms with Gasteiger partial charge in [0.1, 0.15) is 18.1 Å². The van der Waals surface area contributed by atoms with Gasteiger partial charge in [0.25, 0.3) is 5.91 Å². The van der Waals surface area contributed by atoms with Crippen molar-refractivity contribution in [2.75, 3.05) is 0 Å². The summed E-state index contributed by atoms with van der Waals surface area (Å²) in [5, 5.41) is 2.15. The second-order valence-electron chi connectivity index (χ2n) is 3.92. The second-order valence-corrected chi connectivity index (χ2v) is 3.92. The Morgan fingerprint density at radius 2 is 1.95 bits per heavy atom. The lowest BCUT2D eigenvalue weighted by atomic mass is 10.2. The van der Waals surface area contributed by atoms with Crippen molar-refractivity contribution in [3.8, 4) is 0 Å². The molecule has 102 valence electrons. The molecule has 1 N–H and O–H groups in total. The van der Waals surface area contributed by atoms with Crippen molar-refractivity contribution in [2.24, 2.45) is 0 Å². The van der Waals surface area contributed by atoms with Crippen LogP contribution in [-0.2, 0) is 25.7 Å². The standard InChI is InChI=1S/C13H15NO5/c1-8(13(17)14-9(2)15)6-11-4-5-12(19-11)7-18-10(3)16/h4-6H,7H2,1-3H3,(H,14,15,17)/b8-6+. The third-order valence-corrected chi connectivity index (χ3v) is 2.11. The molecule has 0 atom stereocenters. The average Bonchev–Trinajstić information content (AvgIpc) is 2.73. The van der Waals surface area contributed by atoms with Crippen LogP contribution in [0.1, 0.15) is 32.3 Å². The molecule has 6 nitrogen and oxygen atoms in total. The van der Waals surface area contributed by atoms with Crippen molar-refractivity contribution in [1.29, 1.82) is 0 Å². The summed E-state index contributed by atoms with van der Waals surface area (Å²) < 4.78 is 10.1. The summed E-state index contributed by atoms with van der Waals surface area (Å²) in [5.74, 6) is -0.386. The maximum absolute atomic E-state index is 11.5. The van der Waals surface area contributed by atoms with Gasteiger partial charge in [0.15, 0.2) is 0 Å². The van der Waals surface area contributed by atoms with Crippen LogP contribution in [0, 0.1) is 0 Å². The van der Waals surface area contributed by atoms with Crippen LogP contribution < -0.4 is 5.32 Å². The number of amides is 2. The Morgan fingerprint density at radius 3 is 2.53 bits per heavy atom. The maximum atomic E-state index is 11.5. The zero-order chi connectivity index (χ0) is 14.4. The molecular formula is C13H15NO5. The van der Waals surface area contributed by atoms with Crippen molar-refractivity contribution in [2.45, 2.75) is 27.4 Å². The molecule has 0 unspecified atom stereocenters. The molecule has 0 saturated heterocycles. The van der Waals surface area contributed by atoms with Crippen LogP contribution in [-0.4, -0.2) is 17.8 Å². The monoisotopic (exact) mass is 265 g/mol. The lowest BCUT2D eigenvalue weighted by Gasteiger charge is -2.00. The molecule has 1 aromatic rings. The van der Waals surface area contributed by atoms with E-state index in [1.54, 1.807) is 19.1 Å². The van der Waals surface area contributed by atoms with E-state index in [9.17, 15) is 14.4 Å². The summed E-state index contributed by atoms with van der Waals surface area (Å²) in [6.07, 6.45) is 1.50. The predicted molar refractivity (Wildman–Crippen MR) is 66.7 cm³/mol.